The van der Waals surface area contributed by atoms with Gasteiger partial charge in [-0.2, -0.15) is 0 Å². The minimum absolute atomic E-state index is 0.362. The monoisotopic (exact) mass is 274 g/mol. The zero-order valence-electron chi connectivity index (χ0n) is 9.85. The van der Waals surface area contributed by atoms with Crippen LogP contribution in [0.1, 0.15) is 24.6 Å². The second-order valence-corrected chi connectivity index (χ2v) is 7.75. The molecule has 1 unspecified atom stereocenters. The Hall–Kier alpha value is -0.430. The Bertz CT molecular complexity index is 477. The summed E-state index contributed by atoms with van der Waals surface area (Å²) in [6.07, 6.45) is 2.47. The maximum absolute atomic E-state index is 12.0. The molecule has 0 spiro atoms. The molecule has 0 aliphatic heterocycles. The van der Waals surface area contributed by atoms with Crippen molar-refractivity contribution in [1.29, 1.82) is 0 Å². The normalized spacial score (nSPS) is 18.2. The summed E-state index contributed by atoms with van der Waals surface area (Å²) in [5.41, 5.74) is 5.47. The average molecular weight is 274 g/mol. The molecule has 0 aromatic carbocycles. The lowest BCUT2D eigenvalue weighted by Crippen LogP contribution is -2.28. The van der Waals surface area contributed by atoms with Crippen LogP contribution in [0.15, 0.2) is 16.3 Å². The van der Waals surface area contributed by atoms with Gasteiger partial charge in [0.2, 0.25) is 10.0 Å². The Morgan fingerprint density at radius 2 is 2.24 bits per heavy atom. The van der Waals surface area contributed by atoms with Gasteiger partial charge in [0, 0.05) is 18.0 Å². The SMILES string of the molecule is CC(CNS(=O)(=O)c1ccc(CN)s1)C1CC1. The molecule has 1 aromatic rings. The summed E-state index contributed by atoms with van der Waals surface area (Å²) in [7, 11) is -3.34. The highest BCUT2D eigenvalue weighted by atomic mass is 32.2. The largest absolute Gasteiger partial charge is 0.326 e. The maximum Gasteiger partial charge on any atom is 0.250 e. The van der Waals surface area contributed by atoms with Crippen LogP contribution in [0.25, 0.3) is 0 Å². The molecule has 1 aromatic heterocycles. The summed E-state index contributed by atoms with van der Waals surface area (Å²) in [4.78, 5) is 0.889. The quantitative estimate of drug-likeness (QED) is 0.826. The van der Waals surface area contributed by atoms with Crippen LogP contribution in [-0.4, -0.2) is 15.0 Å². The minimum Gasteiger partial charge on any atom is -0.326 e. The fraction of sp³-hybridized carbons (Fsp3) is 0.636. The highest BCUT2D eigenvalue weighted by Crippen LogP contribution is 2.36. The van der Waals surface area contributed by atoms with Gasteiger partial charge < -0.3 is 5.73 Å². The number of sulfonamides is 1. The predicted molar refractivity (Wildman–Crippen MR) is 69.3 cm³/mol. The van der Waals surface area contributed by atoms with Gasteiger partial charge >= 0.3 is 0 Å². The van der Waals surface area contributed by atoms with Crippen molar-refractivity contribution >= 4 is 21.4 Å². The third-order valence-electron chi connectivity index (χ3n) is 3.13. The number of nitrogens with two attached hydrogens (primary N) is 1. The van der Waals surface area contributed by atoms with Crippen molar-refractivity contribution in [3.8, 4) is 0 Å². The molecule has 1 saturated carbocycles. The van der Waals surface area contributed by atoms with Crippen molar-refractivity contribution in [3.63, 3.8) is 0 Å². The van der Waals surface area contributed by atoms with Gasteiger partial charge in [-0.1, -0.05) is 6.92 Å². The molecule has 2 rings (SSSR count). The summed E-state index contributed by atoms with van der Waals surface area (Å²) >= 11 is 1.24. The van der Waals surface area contributed by atoms with E-state index in [2.05, 4.69) is 11.6 Å². The standard InChI is InChI=1S/C11H18N2O2S2/c1-8(9-2-3-9)7-13-17(14,15)11-5-4-10(6-12)16-11/h4-5,8-9,13H,2-3,6-7,12H2,1H3. The first-order valence-corrected chi connectivity index (χ1v) is 8.11. The smallest absolute Gasteiger partial charge is 0.250 e. The first-order valence-electron chi connectivity index (χ1n) is 5.81. The lowest BCUT2D eigenvalue weighted by molar-refractivity contribution is 0.492. The molecule has 1 aliphatic carbocycles. The third-order valence-corrected chi connectivity index (χ3v) is 6.15. The van der Waals surface area contributed by atoms with Gasteiger partial charge in [0.15, 0.2) is 0 Å². The fourth-order valence-corrected chi connectivity index (χ4v) is 4.18. The molecule has 0 saturated heterocycles. The van der Waals surface area contributed by atoms with Crippen LogP contribution >= 0.6 is 11.3 Å². The minimum atomic E-state index is -3.34. The summed E-state index contributed by atoms with van der Waals surface area (Å²) in [6.45, 7) is 3.02. The molecule has 17 heavy (non-hydrogen) atoms. The van der Waals surface area contributed by atoms with E-state index in [4.69, 9.17) is 5.73 Å². The van der Waals surface area contributed by atoms with Gasteiger partial charge in [-0.25, -0.2) is 13.1 Å². The predicted octanol–water partition coefficient (Wildman–Crippen LogP) is 1.53. The summed E-state index contributed by atoms with van der Waals surface area (Å²) in [5, 5.41) is 0. The first-order chi connectivity index (χ1) is 8.03. The van der Waals surface area contributed by atoms with Gasteiger partial charge in [-0.15, -0.1) is 11.3 Å². The van der Waals surface area contributed by atoms with Gasteiger partial charge in [0.05, 0.1) is 0 Å². The van der Waals surface area contributed by atoms with E-state index in [9.17, 15) is 8.42 Å². The van der Waals surface area contributed by atoms with E-state index in [1.165, 1.54) is 24.2 Å². The van der Waals surface area contributed by atoms with E-state index >= 15 is 0 Å². The van der Waals surface area contributed by atoms with Crippen LogP contribution in [0.3, 0.4) is 0 Å². The summed E-state index contributed by atoms with van der Waals surface area (Å²) in [6, 6.07) is 3.39. The number of thiophene rings is 1. The number of rotatable bonds is 6. The zero-order chi connectivity index (χ0) is 12.5. The molecular formula is C11H18N2O2S2. The molecule has 4 nitrogen and oxygen atoms in total. The van der Waals surface area contributed by atoms with Crippen molar-refractivity contribution in [2.45, 2.75) is 30.5 Å². The molecule has 3 N–H and O–H groups in total. The van der Waals surface area contributed by atoms with Gasteiger partial charge in [-0.3, -0.25) is 0 Å². The van der Waals surface area contributed by atoms with Crippen molar-refractivity contribution in [3.05, 3.63) is 17.0 Å². The Morgan fingerprint density at radius 3 is 2.76 bits per heavy atom. The van der Waals surface area contributed by atoms with E-state index < -0.39 is 10.0 Å². The van der Waals surface area contributed by atoms with Crippen LogP contribution in [0.2, 0.25) is 0 Å². The molecule has 0 amide bonds. The van der Waals surface area contributed by atoms with Crippen molar-refractivity contribution in [1.82, 2.24) is 4.72 Å². The average Bonchev–Trinajstić information content (AvgIpc) is 3.03. The second-order valence-electron chi connectivity index (χ2n) is 4.59. The molecule has 0 radical (unpaired) electrons. The highest BCUT2D eigenvalue weighted by Gasteiger charge is 2.29. The Kier molecular flexibility index (Phi) is 3.87. The van der Waals surface area contributed by atoms with E-state index in [1.807, 2.05) is 0 Å². The van der Waals surface area contributed by atoms with Gasteiger partial charge in [0.25, 0.3) is 0 Å². The molecule has 0 bridgehead atoms. The number of nitrogens with one attached hydrogen (secondary N) is 1. The van der Waals surface area contributed by atoms with Crippen molar-refractivity contribution in [2.75, 3.05) is 6.54 Å². The molecular weight excluding hydrogens is 256 g/mol. The van der Waals surface area contributed by atoms with Crippen LogP contribution < -0.4 is 10.5 Å². The van der Waals surface area contributed by atoms with E-state index in [-0.39, 0.29) is 0 Å². The van der Waals surface area contributed by atoms with Crippen LogP contribution in [0.4, 0.5) is 0 Å². The molecule has 1 aliphatic rings. The lowest BCUT2D eigenvalue weighted by Gasteiger charge is -2.10. The van der Waals surface area contributed by atoms with Crippen LogP contribution in [0, 0.1) is 11.8 Å². The van der Waals surface area contributed by atoms with E-state index in [0.717, 1.165) is 4.88 Å². The van der Waals surface area contributed by atoms with Crippen LogP contribution in [-0.2, 0) is 16.6 Å². The molecule has 1 fully saturated rings. The van der Waals surface area contributed by atoms with E-state index in [1.54, 1.807) is 12.1 Å². The first kappa shape index (κ1) is 13.0. The zero-order valence-corrected chi connectivity index (χ0v) is 11.5. The Morgan fingerprint density at radius 1 is 1.53 bits per heavy atom. The second kappa shape index (κ2) is 5.06. The third kappa shape index (κ3) is 3.28. The van der Waals surface area contributed by atoms with Crippen LogP contribution in [0.5, 0.6) is 0 Å². The number of hydrogen-bond donors (Lipinski definition) is 2. The fourth-order valence-electron chi connectivity index (χ4n) is 1.76. The molecule has 6 heteroatoms. The van der Waals surface area contributed by atoms with Crippen molar-refractivity contribution in [2.24, 2.45) is 17.6 Å². The van der Waals surface area contributed by atoms with Gasteiger partial charge in [0.1, 0.15) is 4.21 Å². The topological polar surface area (TPSA) is 72.2 Å². The molecule has 1 heterocycles. The number of hydrogen-bond acceptors (Lipinski definition) is 4. The summed E-state index contributed by atoms with van der Waals surface area (Å²) < 4.78 is 27.0. The Labute approximate surface area is 106 Å². The highest BCUT2D eigenvalue weighted by molar-refractivity contribution is 7.91. The molecule has 96 valence electrons. The van der Waals surface area contributed by atoms with E-state index in [0.29, 0.717) is 29.1 Å². The van der Waals surface area contributed by atoms with Gasteiger partial charge in [-0.05, 0) is 36.8 Å². The molecule has 1 atom stereocenters. The lowest BCUT2D eigenvalue weighted by atomic mass is 10.1. The Balaban J connectivity index is 1.97. The van der Waals surface area contributed by atoms with Crippen molar-refractivity contribution < 1.29 is 8.42 Å². The maximum atomic E-state index is 12.0. The summed E-state index contributed by atoms with van der Waals surface area (Å²) in [5.74, 6) is 1.14.